The van der Waals surface area contributed by atoms with E-state index >= 15 is 0 Å². The fraction of sp³-hybridized carbons (Fsp3) is 1.00. The van der Waals surface area contributed by atoms with Crippen molar-refractivity contribution in [1.29, 1.82) is 0 Å². The van der Waals surface area contributed by atoms with Crippen LogP contribution in [-0.4, -0.2) is 43.5 Å². The minimum Gasteiger partial charge on any atom is -0.309 e. The smallest absolute Gasteiger partial charge is 0.253 e. The van der Waals surface area contributed by atoms with Gasteiger partial charge < -0.3 is 10.2 Å². The van der Waals surface area contributed by atoms with Gasteiger partial charge in [-0.25, -0.2) is 8.78 Å². The van der Waals surface area contributed by atoms with Crippen LogP contribution in [-0.2, 0) is 0 Å². The standard InChI is InChI=1S/C10H22F2N2/c1-8(2)14(4)7-5-6-13-9(3)10(11)12/h8-10,13H,5-7H2,1-4H3. The van der Waals surface area contributed by atoms with Crippen LogP contribution in [0.5, 0.6) is 0 Å². The van der Waals surface area contributed by atoms with Gasteiger partial charge in [0.25, 0.3) is 6.43 Å². The molecule has 1 unspecified atom stereocenters. The predicted octanol–water partition coefficient (Wildman–Crippen LogP) is 1.96. The van der Waals surface area contributed by atoms with Crippen LogP contribution < -0.4 is 5.32 Å². The highest BCUT2D eigenvalue weighted by Gasteiger charge is 2.12. The van der Waals surface area contributed by atoms with Gasteiger partial charge in [0.2, 0.25) is 0 Å². The van der Waals surface area contributed by atoms with Crippen LogP contribution in [0.1, 0.15) is 27.2 Å². The third-order valence-electron chi connectivity index (χ3n) is 2.41. The van der Waals surface area contributed by atoms with Crippen molar-refractivity contribution in [3.8, 4) is 0 Å². The molecule has 0 aliphatic rings. The number of rotatable bonds is 7. The topological polar surface area (TPSA) is 15.3 Å². The summed E-state index contributed by atoms with van der Waals surface area (Å²) in [6, 6.07) is -0.179. The molecule has 0 radical (unpaired) electrons. The van der Waals surface area contributed by atoms with Crippen molar-refractivity contribution in [3.63, 3.8) is 0 Å². The molecule has 0 aliphatic carbocycles. The van der Waals surface area contributed by atoms with Gasteiger partial charge >= 0.3 is 0 Å². The monoisotopic (exact) mass is 208 g/mol. The van der Waals surface area contributed by atoms with Crippen molar-refractivity contribution in [2.24, 2.45) is 0 Å². The SMILES string of the molecule is CC(NCCCN(C)C(C)C)C(F)F. The Morgan fingerprint density at radius 1 is 1.21 bits per heavy atom. The Kier molecular flexibility index (Phi) is 7.01. The number of nitrogens with zero attached hydrogens (tertiary/aromatic N) is 1. The summed E-state index contributed by atoms with van der Waals surface area (Å²) in [5.41, 5.74) is 0. The van der Waals surface area contributed by atoms with E-state index < -0.39 is 12.5 Å². The predicted molar refractivity (Wildman–Crippen MR) is 55.9 cm³/mol. The average molecular weight is 208 g/mol. The molecule has 0 spiro atoms. The molecule has 0 heterocycles. The highest BCUT2D eigenvalue weighted by atomic mass is 19.3. The van der Waals surface area contributed by atoms with Crippen molar-refractivity contribution in [2.45, 2.75) is 45.7 Å². The summed E-state index contributed by atoms with van der Waals surface area (Å²) in [5, 5.41) is 2.80. The first-order valence-electron chi connectivity index (χ1n) is 5.17. The summed E-state index contributed by atoms with van der Waals surface area (Å²) in [5.74, 6) is 0. The molecule has 0 aliphatic heterocycles. The number of halogens is 2. The van der Waals surface area contributed by atoms with E-state index in [-0.39, 0.29) is 0 Å². The van der Waals surface area contributed by atoms with E-state index in [9.17, 15) is 8.78 Å². The first kappa shape index (κ1) is 13.8. The maximum absolute atomic E-state index is 12.1. The third-order valence-corrected chi connectivity index (χ3v) is 2.41. The minimum atomic E-state index is -2.27. The summed E-state index contributed by atoms with van der Waals surface area (Å²) in [4.78, 5) is 2.20. The van der Waals surface area contributed by atoms with Crippen LogP contribution >= 0.6 is 0 Å². The van der Waals surface area contributed by atoms with E-state index in [1.807, 2.05) is 7.05 Å². The van der Waals surface area contributed by atoms with E-state index in [1.165, 1.54) is 6.92 Å². The molecule has 1 atom stereocenters. The molecule has 0 rings (SSSR count). The van der Waals surface area contributed by atoms with Crippen LogP contribution in [0.3, 0.4) is 0 Å². The largest absolute Gasteiger partial charge is 0.309 e. The second-order valence-corrected chi connectivity index (χ2v) is 4.01. The van der Waals surface area contributed by atoms with E-state index in [2.05, 4.69) is 24.1 Å². The van der Waals surface area contributed by atoms with Crippen LogP contribution in [0.25, 0.3) is 0 Å². The Labute approximate surface area is 85.7 Å². The molecule has 0 bridgehead atoms. The lowest BCUT2D eigenvalue weighted by molar-refractivity contribution is 0.105. The molecule has 0 saturated heterocycles. The summed E-state index contributed by atoms with van der Waals surface area (Å²) in [6.07, 6.45) is -1.36. The number of alkyl halides is 2. The summed E-state index contributed by atoms with van der Waals surface area (Å²) in [7, 11) is 2.04. The molecule has 0 aromatic carbocycles. The van der Waals surface area contributed by atoms with Gasteiger partial charge in [-0.05, 0) is 47.3 Å². The highest BCUT2D eigenvalue weighted by molar-refractivity contribution is 4.64. The molecule has 0 saturated carbocycles. The molecule has 1 N–H and O–H groups in total. The van der Waals surface area contributed by atoms with Crippen molar-refractivity contribution in [3.05, 3.63) is 0 Å². The molecule has 14 heavy (non-hydrogen) atoms. The van der Waals surface area contributed by atoms with E-state index in [0.29, 0.717) is 12.6 Å². The van der Waals surface area contributed by atoms with Gasteiger partial charge in [0.15, 0.2) is 0 Å². The van der Waals surface area contributed by atoms with Crippen LogP contribution in [0.15, 0.2) is 0 Å². The Morgan fingerprint density at radius 3 is 2.21 bits per heavy atom. The van der Waals surface area contributed by atoms with Gasteiger partial charge in [-0.15, -0.1) is 0 Å². The molecular formula is C10H22F2N2. The maximum Gasteiger partial charge on any atom is 0.253 e. The normalized spacial score (nSPS) is 14.4. The molecule has 0 amide bonds. The average Bonchev–Trinajstić information content (AvgIpc) is 2.11. The first-order chi connectivity index (χ1) is 6.45. The van der Waals surface area contributed by atoms with Gasteiger partial charge in [-0.3, -0.25) is 0 Å². The van der Waals surface area contributed by atoms with E-state index in [1.54, 1.807) is 0 Å². The second-order valence-electron chi connectivity index (χ2n) is 4.01. The van der Waals surface area contributed by atoms with Crippen molar-refractivity contribution in [1.82, 2.24) is 10.2 Å². The zero-order valence-corrected chi connectivity index (χ0v) is 9.56. The van der Waals surface area contributed by atoms with Crippen LogP contribution in [0.2, 0.25) is 0 Å². The molecule has 86 valence electrons. The third kappa shape index (κ3) is 6.27. The number of nitrogens with one attached hydrogen (secondary N) is 1. The Morgan fingerprint density at radius 2 is 1.79 bits per heavy atom. The zero-order chi connectivity index (χ0) is 11.1. The van der Waals surface area contributed by atoms with Gasteiger partial charge in [-0.1, -0.05) is 0 Å². The zero-order valence-electron chi connectivity index (χ0n) is 9.56. The minimum absolute atomic E-state index is 0.516. The second kappa shape index (κ2) is 7.12. The van der Waals surface area contributed by atoms with Crippen LogP contribution in [0.4, 0.5) is 8.78 Å². The van der Waals surface area contributed by atoms with Crippen LogP contribution in [0, 0.1) is 0 Å². The van der Waals surface area contributed by atoms with Crippen molar-refractivity contribution in [2.75, 3.05) is 20.1 Å². The lowest BCUT2D eigenvalue weighted by Gasteiger charge is -2.21. The summed E-state index contributed by atoms with van der Waals surface area (Å²) < 4.78 is 24.1. The van der Waals surface area contributed by atoms with Gasteiger partial charge in [-0.2, -0.15) is 0 Å². The van der Waals surface area contributed by atoms with Gasteiger partial charge in [0.1, 0.15) is 0 Å². The lowest BCUT2D eigenvalue weighted by atomic mass is 10.3. The fourth-order valence-corrected chi connectivity index (χ4v) is 1.01. The Hall–Kier alpha value is -0.220. The van der Waals surface area contributed by atoms with Gasteiger partial charge in [0, 0.05) is 6.04 Å². The highest BCUT2D eigenvalue weighted by Crippen LogP contribution is 1.99. The van der Waals surface area contributed by atoms with E-state index in [4.69, 9.17) is 0 Å². The number of hydrogen-bond acceptors (Lipinski definition) is 2. The Balaban J connectivity index is 3.38. The molecule has 0 fully saturated rings. The molecule has 0 aromatic rings. The van der Waals surface area contributed by atoms with Crippen molar-refractivity contribution < 1.29 is 8.78 Å². The number of hydrogen-bond donors (Lipinski definition) is 1. The molecule has 2 nitrogen and oxygen atoms in total. The fourth-order valence-electron chi connectivity index (χ4n) is 1.01. The molecular weight excluding hydrogens is 186 g/mol. The lowest BCUT2D eigenvalue weighted by Crippen LogP contribution is -2.35. The summed E-state index contributed by atoms with van der Waals surface area (Å²) in [6.45, 7) is 7.35. The maximum atomic E-state index is 12.1. The van der Waals surface area contributed by atoms with Crippen molar-refractivity contribution >= 4 is 0 Å². The molecule has 0 aromatic heterocycles. The summed E-state index contributed by atoms with van der Waals surface area (Å²) >= 11 is 0. The van der Waals surface area contributed by atoms with E-state index in [0.717, 1.165) is 13.0 Å². The molecule has 4 heteroatoms. The first-order valence-corrected chi connectivity index (χ1v) is 5.17. The quantitative estimate of drug-likeness (QED) is 0.643. The van der Waals surface area contributed by atoms with Gasteiger partial charge in [0.05, 0.1) is 6.04 Å². The Bertz CT molecular complexity index is 124.